The van der Waals surface area contributed by atoms with E-state index in [1.807, 2.05) is 6.07 Å². The molecular formula is C17H25BrN2O4S. The van der Waals surface area contributed by atoms with Crippen LogP contribution in [0.5, 0.6) is 0 Å². The molecule has 0 aliphatic carbocycles. The second-order valence-corrected chi connectivity index (χ2v) is 10.9. The predicted octanol–water partition coefficient (Wildman–Crippen LogP) is 5.83. The van der Waals surface area contributed by atoms with E-state index in [0.29, 0.717) is 4.90 Å². The van der Waals surface area contributed by atoms with E-state index in [-0.39, 0.29) is 0 Å². The van der Waals surface area contributed by atoms with Gasteiger partial charge in [-0.25, -0.2) is 9.59 Å². The minimum atomic E-state index is -2.51. The van der Waals surface area contributed by atoms with E-state index >= 15 is 0 Å². The summed E-state index contributed by atoms with van der Waals surface area (Å²) in [7, 11) is -2.51. The standard InChI is InChI=1S/C17H25BrN2O4S/c1-16(2,3)23-14(21)19-25(7,13-10-8-9-12(18)11-13)20-15(22)24-17(4,5)6/h8-11H,1-7H3. The van der Waals surface area contributed by atoms with Gasteiger partial charge in [0.2, 0.25) is 0 Å². The molecule has 0 aromatic heterocycles. The maximum Gasteiger partial charge on any atom is 0.441 e. The molecule has 0 saturated heterocycles. The quantitative estimate of drug-likeness (QED) is 0.558. The average Bonchev–Trinajstić information content (AvgIpc) is 2.33. The zero-order chi connectivity index (χ0) is 19.5. The van der Waals surface area contributed by atoms with Crippen LogP contribution in [0.2, 0.25) is 0 Å². The highest BCUT2D eigenvalue weighted by Gasteiger charge is 2.20. The number of hydrogen-bond acceptors (Lipinski definition) is 4. The van der Waals surface area contributed by atoms with E-state index in [4.69, 9.17) is 9.47 Å². The van der Waals surface area contributed by atoms with Gasteiger partial charge in [-0.1, -0.05) is 22.0 Å². The first-order valence-corrected chi connectivity index (χ1v) is 10.4. The van der Waals surface area contributed by atoms with Crippen molar-refractivity contribution in [3.05, 3.63) is 28.7 Å². The van der Waals surface area contributed by atoms with Gasteiger partial charge in [0.15, 0.2) is 0 Å². The maximum absolute atomic E-state index is 12.2. The van der Waals surface area contributed by atoms with Crippen molar-refractivity contribution in [3.8, 4) is 0 Å². The first-order valence-electron chi connectivity index (χ1n) is 7.66. The second kappa shape index (κ2) is 7.86. The van der Waals surface area contributed by atoms with Gasteiger partial charge in [-0.15, -0.1) is 8.73 Å². The molecule has 0 bridgehead atoms. The molecule has 25 heavy (non-hydrogen) atoms. The van der Waals surface area contributed by atoms with Gasteiger partial charge in [-0.2, -0.15) is 0 Å². The first kappa shape index (κ1) is 21.6. The zero-order valence-electron chi connectivity index (χ0n) is 15.6. The van der Waals surface area contributed by atoms with Crippen molar-refractivity contribution >= 4 is 37.7 Å². The summed E-state index contributed by atoms with van der Waals surface area (Å²) in [6.07, 6.45) is 0.109. The predicted molar refractivity (Wildman–Crippen MR) is 103 cm³/mol. The lowest BCUT2D eigenvalue weighted by molar-refractivity contribution is 0.0603. The SMILES string of the molecule is CC(C)(C)OC(=O)N=S(C)(=NC(=O)OC(C)(C)C)c1cccc(Br)c1. The minimum Gasteiger partial charge on any atom is -0.442 e. The molecule has 0 aliphatic heterocycles. The zero-order valence-corrected chi connectivity index (χ0v) is 18.0. The van der Waals surface area contributed by atoms with Crippen molar-refractivity contribution < 1.29 is 19.1 Å². The lowest BCUT2D eigenvalue weighted by Crippen LogP contribution is -2.24. The fraction of sp³-hybridized carbons (Fsp3) is 0.529. The monoisotopic (exact) mass is 432 g/mol. The van der Waals surface area contributed by atoms with Gasteiger partial charge in [0.05, 0.1) is 0 Å². The number of rotatable bonds is 1. The van der Waals surface area contributed by atoms with E-state index in [9.17, 15) is 9.59 Å². The fourth-order valence-corrected chi connectivity index (χ4v) is 3.83. The topological polar surface area (TPSA) is 77.3 Å². The number of hydrogen-bond donors (Lipinski definition) is 0. The van der Waals surface area contributed by atoms with Crippen molar-refractivity contribution in [1.29, 1.82) is 0 Å². The number of carbonyl (C=O) groups is 2. The number of carbonyl (C=O) groups excluding carboxylic acids is 2. The highest BCUT2D eigenvalue weighted by atomic mass is 79.9. The smallest absolute Gasteiger partial charge is 0.441 e. The van der Waals surface area contributed by atoms with Crippen LogP contribution in [0.15, 0.2) is 42.4 Å². The van der Waals surface area contributed by atoms with Crippen LogP contribution in [0.4, 0.5) is 9.59 Å². The van der Waals surface area contributed by atoms with Crippen LogP contribution in [0.1, 0.15) is 41.5 Å². The van der Waals surface area contributed by atoms with Crippen LogP contribution in [0, 0.1) is 0 Å². The van der Waals surface area contributed by atoms with Gasteiger partial charge in [0.1, 0.15) is 11.2 Å². The molecule has 0 N–H and O–H groups in total. The molecule has 6 nitrogen and oxygen atoms in total. The van der Waals surface area contributed by atoms with Gasteiger partial charge in [-0.3, -0.25) is 0 Å². The molecule has 0 fully saturated rings. The summed E-state index contributed by atoms with van der Waals surface area (Å²) in [5.41, 5.74) is -1.38. The highest BCUT2D eigenvalue weighted by Crippen LogP contribution is 2.22. The van der Waals surface area contributed by atoms with Crippen LogP contribution in [-0.2, 0) is 19.1 Å². The summed E-state index contributed by atoms with van der Waals surface area (Å²) in [4.78, 5) is 25.1. The van der Waals surface area contributed by atoms with Crippen molar-refractivity contribution in [2.24, 2.45) is 8.73 Å². The van der Waals surface area contributed by atoms with Gasteiger partial charge in [0, 0.05) is 15.6 Å². The van der Waals surface area contributed by atoms with Crippen LogP contribution < -0.4 is 0 Å². The Balaban J connectivity index is 3.46. The van der Waals surface area contributed by atoms with E-state index in [1.165, 1.54) is 0 Å². The van der Waals surface area contributed by atoms with Crippen LogP contribution in [-0.4, -0.2) is 29.6 Å². The number of amides is 2. The lowest BCUT2D eigenvalue weighted by Gasteiger charge is -2.20. The van der Waals surface area contributed by atoms with E-state index in [1.54, 1.807) is 66.0 Å². The normalized spacial score (nSPS) is 12.3. The molecule has 140 valence electrons. The van der Waals surface area contributed by atoms with Crippen molar-refractivity contribution in [2.75, 3.05) is 6.26 Å². The van der Waals surface area contributed by atoms with Gasteiger partial charge >= 0.3 is 12.2 Å². The fourth-order valence-electron chi connectivity index (χ4n) is 1.68. The number of benzene rings is 1. The molecule has 0 aliphatic rings. The molecule has 1 aromatic carbocycles. The Kier molecular flexibility index (Phi) is 6.81. The minimum absolute atomic E-state index is 0.638. The Morgan fingerprint density at radius 3 is 1.76 bits per heavy atom. The summed E-state index contributed by atoms with van der Waals surface area (Å²) >= 11 is 3.38. The molecule has 0 unspecified atom stereocenters. The molecule has 0 radical (unpaired) electrons. The number of nitrogens with zero attached hydrogens (tertiary/aromatic N) is 2. The maximum atomic E-state index is 12.2. The molecule has 2 amide bonds. The van der Waals surface area contributed by atoms with E-state index in [0.717, 1.165) is 4.47 Å². The Morgan fingerprint density at radius 2 is 1.40 bits per heavy atom. The molecule has 8 heteroatoms. The molecule has 0 saturated carbocycles. The number of halogens is 1. The van der Waals surface area contributed by atoms with Crippen LogP contribution >= 0.6 is 15.9 Å². The number of ether oxygens (including phenoxy) is 2. The molecule has 1 aromatic rings. The highest BCUT2D eigenvalue weighted by molar-refractivity contribution is 9.10. The third kappa shape index (κ3) is 8.00. The Labute approximate surface area is 158 Å². The molecule has 0 heterocycles. The average molecular weight is 433 g/mol. The van der Waals surface area contributed by atoms with Crippen molar-refractivity contribution in [2.45, 2.75) is 57.6 Å². The summed E-state index contributed by atoms with van der Waals surface area (Å²) in [6, 6.07) is 7.17. The first-order chi connectivity index (χ1) is 11.2. The molecule has 1 rings (SSSR count). The summed E-state index contributed by atoms with van der Waals surface area (Å²) in [5.74, 6) is 0. The van der Waals surface area contributed by atoms with E-state index < -0.39 is 33.0 Å². The summed E-state index contributed by atoms with van der Waals surface area (Å²) < 4.78 is 19.5. The third-order valence-electron chi connectivity index (χ3n) is 2.53. The van der Waals surface area contributed by atoms with Crippen molar-refractivity contribution in [1.82, 2.24) is 0 Å². The van der Waals surface area contributed by atoms with Crippen LogP contribution in [0.3, 0.4) is 0 Å². The Hall–Kier alpha value is -1.41. The molecule has 0 spiro atoms. The third-order valence-corrected chi connectivity index (χ3v) is 5.18. The van der Waals surface area contributed by atoms with Gasteiger partial charge in [-0.05, 0) is 69.4 Å². The van der Waals surface area contributed by atoms with Gasteiger partial charge < -0.3 is 9.47 Å². The van der Waals surface area contributed by atoms with Crippen molar-refractivity contribution in [3.63, 3.8) is 0 Å². The van der Waals surface area contributed by atoms with Crippen LogP contribution in [0.25, 0.3) is 0 Å². The lowest BCUT2D eigenvalue weighted by atomic mass is 10.2. The Morgan fingerprint density at radius 1 is 0.960 bits per heavy atom. The second-order valence-electron chi connectivity index (χ2n) is 7.43. The largest absolute Gasteiger partial charge is 0.442 e. The molecular weight excluding hydrogens is 408 g/mol. The van der Waals surface area contributed by atoms with E-state index in [2.05, 4.69) is 24.7 Å². The molecule has 0 atom stereocenters. The summed E-state index contributed by atoms with van der Waals surface area (Å²) in [6.45, 7) is 10.5. The Bertz CT molecular complexity index is 743. The van der Waals surface area contributed by atoms with Gasteiger partial charge in [0.25, 0.3) is 0 Å². The summed E-state index contributed by atoms with van der Waals surface area (Å²) in [5, 5.41) is 0.